The van der Waals surface area contributed by atoms with Crippen LogP contribution in [-0.4, -0.2) is 14.5 Å². The Morgan fingerprint density at radius 1 is 1.33 bits per heavy atom. The molecule has 1 atom stereocenters. The zero-order valence-corrected chi connectivity index (χ0v) is 11.7. The van der Waals surface area contributed by atoms with Gasteiger partial charge in [0.25, 0.3) is 11.2 Å². The average Bonchev–Trinajstić information content (AvgIpc) is 2.47. The van der Waals surface area contributed by atoms with Crippen LogP contribution in [0.3, 0.4) is 0 Å². The van der Waals surface area contributed by atoms with Crippen molar-refractivity contribution in [1.82, 2.24) is 9.55 Å². The number of hydrogen-bond acceptors (Lipinski definition) is 4. The van der Waals surface area contributed by atoms with Crippen LogP contribution in [0.15, 0.2) is 35.1 Å². The Balaban J connectivity index is 2.05. The van der Waals surface area contributed by atoms with E-state index in [9.17, 15) is 14.9 Å². The number of nitrogens with zero attached hydrogens (tertiary/aromatic N) is 3. The first-order valence-electron chi connectivity index (χ1n) is 6.93. The third-order valence-corrected chi connectivity index (χ3v) is 3.86. The van der Waals surface area contributed by atoms with Gasteiger partial charge in [0.05, 0.1) is 10.6 Å². The molecule has 0 fully saturated rings. The maximum Gasteiger partial charge on any atom is 0.269 e. The number of non-ortho nitro benzene ring substituents is 1. The van der Waals surface area contributed by atoms with Gasteiger partial charge in [-0.1, -0.05) is 0 Å². The second-order valence-electron chi connectivity index (χ2n) is 5.31. The largest absolute Gasteiger partial charge is 0.294 e. The lowest BCUT2D eigenvalue weighted by Gasteiger charge is -2.24. The highest BCUT2D eigenvalue weighted by molar-refractivity contribution is 5.60. The number of benzene rings is 1. The lowest BCUT2D eigenvalue weighted by molar-refractivity contribution is -0.384. The normalized spacial score (nSPS) is 17.3. The van der Waals surface area contributed by atoms with Crippen LogP contribution in [0, 0.1) is 10.1 Å². The highest BCUT2D eigenvalue weighted by atomic mass is 16.6. The van der Waals surface area contributed by atoms with E-state index < -0.39 is 4.92 Å². The molecule has 0 amide bonds. The van der Waals surface area contributed by atoms with Crippen molar-refractivity contribution < 1.29 is 4.92 Å². The summed E-state index contributed by atoms with van der Waals surface area (Å²) < 4.78 is 1.75. The maximum absolute atomic E-state index is 12.3. The predicted octanol–water partition coefficient (Wildman–Crippen LogP) is 2.72. The quantitative estimate of drug-likeness (QED) is 0.627. The molecule has 6 nitrogen and oxygen atoms in total. The van der Waals surface area contributed by atoms with Crippen LogP contribution in [0.1, 0.15) is 31.6 Å². The van der Waals surface area contributed by atoms with Crippen molar-refractivity contribution >= 4 is 5.69 Å². The van der Waals surface area contributed by atoms with Crippen molar-refractivity contribution in [2.45, 2.75) is 32.2 Å². The molecule has 0 saturated carbocycles. The Bertz CT molecular complexity index is 750. The minimum Gasteiger partial charge on any atom is -0.294 e. The summed E-state index contributed by atoms with van der Waals surface area (Å²) in [6.07, 6.45) is 2.81. The van der Waals surface area contributed by atoms with Gasteiger partial charge in [0.2, 0.25) is 0 Å². The molecule has 0 aliphatic carbocycles. The van der Waals surface area contributed by atoms with E-state index in [0.717, 1.165) is 30.7 Å². The summed E-state index contributed by atoms with van der Waals surface area (Å²) in [5, 5.41) is 10.7. The van der Waals surface area contributed by atoms with Crippen LogP contribution < -0.4 is 5.56 Å². The minimum atomic E-state index is -0.444. The highest BCUT2D eigenvalue weighted by Gasteiger charge is 2.19. The van der Waals surface area contributed by atoms with Gasteiger partial charge in [-0.3, -0.25) is 19.5 Å². The van der Waals surface area contributed by atoms with Crippen LogP contribution in [-0.2, 0) is 6.42 Å². The predicted molar refractivity (Wildman–Crippen MR) is 78.2 cm³/mol. The molecule has 1 aliphatic heterocycles. The first-order valence-corrected chi connectivity index (χ1v) is 6.93. The van der Waals surface area contributed by atoms with Crippen LogP contribution >= 0.6 is 0 Å². The number of hydrogen-bond donors (Lipinski definition) is 0. The molecule has 21 heavy (non-hydrogen) atoms. The molecular formula is C15H15N3O3. The number of aromatic nitrogens is 2. The second-order valence-corrected chi connectivity index (χ2v) is 5.31. The summed E-state index contributed by atoms with van der Waals surface area (Å²) in [6.45, 7) is 2.03. The fraction of sp³-hybridized carbons (Fsp3) is 0.333. The zero-order chi connectivity index (χ0) is 15.0. The fourth-order valence-corrected chi connectivity index (χ4v) is 2.77. The third-order valence-electron chi connectivity index (χ3n) is 3.86. The lowest BCUT2D eigenvalue weighted by atomic mass is 10.0. The van der Waals surface area contributed by atoms with Gasteiger partial charge in [0, 0.05) is 36.2 Å². The van der Waals surface area contributed by atoms with Gasteiger partial charge >= 0.3 is 0 Å². The number of nitro groups is 1. The number of nitro benzene ring substituents is 1. The molecule has 1 unspecified atom stereocenters. The van der Waals surface area contributed by atoms with Crippen LogP contribution in [0.4, 0.5) is 5.69 Å². The molecule has 0 saturated heterocycles. The number of fused-ring (bicyclic) bond motifs is 1. The summed E-state index contributed by atoms with van der Waals surface area (Å²) in [5.74, 6) is 0.801. The monoisotopic (exact) mass is 285 g/mol. The minimum absolute atomic E-state index is 0.0297. The first kappa shape index (κ1) is 13.5. The van der Waals surface area contributed by atoms with Gasteiger partial charge in [0.1, 0.15) is 5.82 Å². The van der Waals surface area contributed by atoms with Gasteiger partial charge in [-0.25, -0.2) is 4.98 Å². The standard InChI is InChI=1S/C15H15N3O3/c1-10-3-2-4-14-16-13(9-15(19)17(10)14)11-5-7-12(8-6-11)18(20)21/h5-10H,2-4H2,1H3. The van der Waals surface area contributed by atoms with E-state index >= 15 is 0 Å². The van der Waals surface area contributed by atoms with Gasteiger partial charge in [-0.15, -0.1) is 0 Å². The molecule has 0 spiro atoms. The summed E-state index contributed by atoms with van der Waals surface area (Å²) in [4.78, 5) is 27.0. The molecule has 2 heterocycles. The number of rotatable bonds is 2. The van der Waals surface area contributed by atoms with E-state index in [1.165, 1.54) is 18.2 Å². The zero-order valence-electron chi connectivity index (χ0n) is 11.7. The first-order chi connectivity index (χ1) is 10.1. The van der Waals surface area contributed by atoms with Crippen LogP contribution in [0.2, 0.25) is 0 Å². The maximum atomic E-state index is 12.3. The molecule has 0 radical (unpaired) electrons. The molecule has 108 valence electrons. The lowest BCUT2D eigenvalue weighted by Crippen LogP contribution is -2.30. The molecule has 1 aliphatic rings. The van der Waals surface area contributed by atoms with E-state index in [2.05, 4.69) is 4.98 Å². The Kier molecular flexibility index (Phi) is 3.29. The Morgan fingerprint density at radius 2 is 2.05 bits per heavy atom. The van der Waals surface area contributed by atoms with Crippen LogP contribution in [0.5, 0.6) is 0 Å². The topological polar surface area (TPSA) is 78.0 Å². The summed E-state index contributed by atoms with van der Waals surface area (Å²) in [6, 6.07) is 7.80. The summed E-state index contributed by atoms with van der Waals surface area (Å²) in [5.41, 5.74) is 1.28. The average molecular weight is 285 g/mol. The van der Waals surface area contributed by atoms with Gasteiger partial charge < -0.3 is 0 Å². The highest BCUT2D eigenvalue weighted by Crippen LogP contribution is 2.24. The third kappa shape index (κ3) is 2.44. The fourth-order valence-electron chi connectivity index (χ4n) is 2.77. The van der Waals surface area contributed by atoms with Crippen LogP contribution in [0.25, 0.3) is 11.3 Å². The van der Waals surface area contributed by atoms with E-state index in [4.69, 9.17) is 0 Å². The smallest absolute Gasteiger partial charge is 0.269 e. The van der Waals surface area contributed by atoms with Gasteiger partial charge in [-0.05, 0) is 31.9 Å². The van der Waals surface area contributed by atoms with Crippen molar-refractivity contribution in [3.8, 4) is 11.3 Å². The molecule has 1 aromatic carbocycles. The molecule has 6 heteroatoms. The Labute approximate surface area is 121 Å². The molecule has 1 aromatic heterocycles. The summed E-state index contributed by atoms with van der Waals surface area (Å²) >= 11 is 0. The van der Waals surface area contributed by atoms with Crippen molar-refractivity contribution in [3.05, 3.63) is 56.6 Å². The number of aryl methyl sites for hydroxylation is 1. The van der Waals surface area contributed by atoms with Crippen molar-refractivity contribution in [3.63, 3.8) is 0 Å². The second kappa shape index (κ2) is 5.12. The summed E-state index contributed by atoms with van der Waals surface area (Å²) in [7, 11) is 0. The Morgan fingerprint density at radius 3 is 2.71 bits per heavy atom. The van der Waals surface area contributed by atoms with Crippen molar-refractivity contribution in [2.75, 3.05) is 0 Å². The SMILES string of the molecule is CC1CCCc2nc(-c3ccc([N+](=O)[O-])cc3)cc(=O)n21. The van der Waals surface area contributed by atoms with Crippen molar-refractivity contribution in [2.24, 2.45) is 0 Å². The molecule has 3 rings (SSSR count). The van der Waals surface area contributed by atoms with E-state index in [1.54, 1.807) is 16.7 Å². The molecule has 0 bridgehead atoms. The molecular weight excluding hydrogens is 270 g/mol. The molecule has 0 N–H and O–H groups in total. The Hall–Kier alpha value is -2.50. The van der Waals surface area contributed by atoms with E-state index in [1.807, 2.05) is 6.92 Å². The van der Waals surface area contributed by atoms with Gasteiger partial charge in [0.15, 0.2) is 0 Å². The van der Waals surface area contributed by atoms with E-state index in [0.29, 0.717) is 5.69 Å². The molecule has 2 aromatic rings. The van der Waals surface area contributed by atoms with E-state index in [-0.39, 0.29) is 17.3 Å². The van der Waals surface area contributed by atoms with Crippen molar-refractivity contribution in [1.29, 1.82) is 0 Å². The van der Waals surface area contributed by atoms with Gasteiger partial charge in [-0.2, -0.15) is 0 Å².